The van der Waals surface area contributed by atoms with Crippen LogP contribution in [0, 0.1) is 20.8 Å². The number of aryl methyl sites for hydroxylation is 3. The van der Waals surface area contributed by atoms with Crippen molar-refractivity contribution >= 4 is 17.4 Å². The Hall–Kier alpha value is -2.96. The van der Waals surface area contributed by atoms with Crippen molar-refractivity contribution in [2.24, 2.45) is 5.10 Å². The number of hydrazone groups is 1. The van der Waals surface area contributed by atoms with Gasteiger partial charge in [-0.2, -0.15) is 5.10 Å². The molecule has 0 saturated carbocycles. The lowest BCUT2D eigenvalue weighted by atomic mass is 10.0. The van der Waals surface area contributed by atoms with Crippen LogP contribution < -0.4 is 11.0 Å². The fourth-order valence-corrected chi connectivity index (χ4v) is 3.41. The zero-order chi connectivity index (χ0) is 19.0. The molecule has 3 rings (SSSR count). The van der Waals surface area contributed by atoms with Crippen LogP contribution >= 0.6 is 0 Å². The number of nitrogens with zero attached hydrogens (tertiary/aromatic N) is 3. The lowest BCUT2D eigenvalue weighted by Crippen LogP contribution is -2.37. The average Bonchev–Trinajstić information content (AvgIpc) is 2.55. The predicted octanol–water partition coefficient (Wildman–Crippen LogP) is 3.04. The van der Waals surface area contributed by atoms with Gasteiger partial charge in [-0.25, -0.2) is 9.78 Å². The van der Waals surface area contributed by atoms with Crippen molar-refractivity contribution in [2.75, 3.05) is 5.43 Å². The number of hydrogen-bond acceptors (Lipinski definition) is 5. The van der Waals surface area contributed by atoms with Crippen LogP contribution in [0.5, 0.6) is 0 Å². The smallest absolute Gasteiger partial charge is 0.342 e. The van der Waals surface area contributed by atoms with Crippen molar-refractivity contribution in [1.82, 2.24) is 9.55 Å². The molecule has 7 nitrogen and oxygen atoms in total. The third-order valence-corrected chi connectivity index (χ3v) is 4.70. The molecule has 0 amide bonds. The maximum Gasteiger partial charge on any atom is 0.342 e. The second-order valence-corrected chi connectivity index (χ2v) is 6.81. The number of rotatable bonds is 3. The summed E-state index contributed by atoms with van der Waals surface area (Å²) >= 11 is 0. The van der Waals surface area contributed by atoms with Gasteiger partial charge in [0.15, 0.2) is 5.82 Å². The summed E-state index contributed by atoms with van der Waals surface area (Å²) < 4.78 is 1.43. The first-order valence-corrected chi connectivity index (χ1v) is 8.55. The summed E-state index contributed by atoms with van der Waals surface area (Å²) in [5, 5.41) is 13.7. The van der Waals surface area contributed by atoms with E-state index in [0.717, 1.165) is 23.0 Å². The maximum absolute atomic E-state index is 12.5. The van der Waals surface area contributed by atoms with E-state index in [-0.39, 0.29) is 11.6 Å². The lowest BCUT2D eigenvalue weighted by molar-refractivity contribution is 0.0693. The number of anilines is 1. The highest BCUT2D eigenvalue weighted by Crippen LogP contribution is 2.24. The van der Waals surface area contributed by atoms with Gasteiger partial charge in [-0.3, -0.25) is 14.8 Å². The standard InChI is InChI=1S/C19H22N4O3/c1-10-7-11(2)16(12(3)8-10)22-21-15-6-5-13(4)23-17(15)20-9-14(18(23)24)19(25)26/h7-9,13,22H,5-6H2,1-4H3,(H,25,26)/b21-15+. The molecule has 0 fully saturated rings. The van der Waals surface area contributed by atoms with Crippen LogP contribution in [0.25, 0.3) is 0 Å². The van der Waals surface area contributed by atoms with Crippen LogP contribution in [0.1, 0.15) is 58.7 Å². The first-order chi connectivity index (χ1) is 12.3. The third kappa shape index (κ3) is 3.12. The second kappa shape index (κ2) is 6.74. The molecule has 2 N–H and O–H groups in total. The number of carboxylic acids is 1. The molecular weight excluding hydrogens is 332 g/mol. The molecule has 7 heteroatoms. The molecule has 1 aliphatic rings. The Morgan fingerprint density at radius 1 is 1.31 bits per heavy atom. The minimum absolute atomic E-state index is 0.119. The van der Waals surface area contributed by atoms with E-state index in [2.05, 4.69) is 27.6 Å². The highest BCUT2D eigenvalue weighted by Gasteiger charge is 2.26. The Balaban J connectivity index is 2.03. The number of aromatic carboxylic acids is 1. The van der Waals surface area contributed by atoms with Crippen LogP contribution in [-0.4, -0.2) is 26.3 Å². The van der Waals surface area contributed by atoms with Crippen LogP contribution in [0.3, 0.4) is 0 Å². The van der Waals surface area contributed by atoms with Gasteiger partial charge in [0.2, 0.25) is 0 Å². The highest BCUT2D eigenvalue weighted by atomic mass is 16.4. The molecule has 0 bridgehead atoms. The maximum atomic E-state index is 12.5. The number of carbonyl (C=O) groups is 1. The quantitative estimate of drug-likeness (QED) is 0.826. The first kappa shape index (κ1) is 17.8. The van der Waals surface area contributed by atoms with E-state index in [1.165, 1.54) is 10.1 Å². The second-order valence-electron chi connectivity index (χ2n) is 6.81. The van der Waals surface area contributed by atoms with Crippen molar-refractivity contribution in [3.63, 3.8) is 0 Å². The van der Waals surface area contributed by atoms with Crippen LogP contribution in [0.2, 0.25) is 0 Å². The molecule has 0 aliphatic carbocycles. The van der Waals surface area contributed by atoms with Gasteiger partial charge in [-0.15, -0.1) is 0 Å². The van der Waals surface area contributed by atoms with Gasteiger partial charge < -0.3 is 5.11 Å². The van der Waals surface area contributed by atoms with Gasteiger partial charge in [0.05, 0.1) is 5.69 Å². The minimum Gasteiger partial charge on any atom is -0.477 e. The molecule has 0 spiro atoms. The molecule has 26 heavy (non-hydrogen) atoms. The molecule has 2 aromatic rings. The van der Waals surface area contributed by atoms with Gasteiger partial charge in [0.1, 0.15) is 11.3 Å². The molecule has 1 atom stereocenters. The molecule has 0 radical (unpaired) electrons. The van der Waals surface area contributed by atoms with E-state index < -0.39 is 11.5 Å². The van der Waals surface area contributed by atoms with E-state index in [1.54, 1.807) is 0 Å². The first-order valence-electron chi connectivity index (χ1n) is 8.55. The fourth-order valence-electron chi connectivity index (χ4n) is 3.41. The third-order valence-electron chi connectivity index (χ3n) is 4.70. The largest absolute Gasteiger partial charge is 0.477 e. The molecular formula is C19H22N4O3. The van der Waals surface area contributed by atoms with Gasteiger partial charge in [-0.05, 0) is 51.7 Å². The zero-order valence-corrected chi connectivity index (χ0v) is 15.3. The molecule has 1 aliphatic heterocycles. The van der Waals surface area contributed by atoms with Crippen LogP contribution in [0.15, 0.2) is 28.2 Å². The topological polar surface area (TPSA) is 96.6 Å². The Kier molecular flexibility index (Phi) is 4.63. The molecule has 1 aromatic carbocycles. The molecule has 1 aromatic heterocycles. The minimum atomic E-state index is -1.27. The van der Waals surface area contributed by atoms with Gasteiger partial charge >= 0.3 is 5.97 Å². The average molecular weight is 354 g/mol. The number of carboxylic acid groups (broad SMARTS) is 1. The van der Waals surface area contributed by atoms with E-state index >= 15 is 0 Å². The van der Waals surface area contributed by atoms with E-state index in [4.69, 9.17) is 5.11 Å². The van der Waals surface area contributed by atoms with Gasteiger partial charge in [0.25, 0.3) is 5.56 Å². The lowest BCUT2D eigenvalue weighted by Gasteiger charge is -2.25. The summed E-state index contributed by atoms with van der Waals surface area (Å²) in [5.41, 5.74) is 7.18. The van der Waals surface area contributed by atoms with Crippen LogP contribution in [0.4, 0.5) is 5.69 Å². The van der Waals surface area contributed by atoms with Crippen molar-refractivity contribution in [3.8, 4) is 0 Å². The Labute approximate surface area is 151 Å². The van der Waals surface area contributed by atoms with Crippen molar-refractivity contribution in [2.45, 2.75) is 46.6 Å². The summed E-state index contributed by atoms with van der Waals surface area (Å²) in [6.45, 7) is 7.96. The summed E-state index contributed by atoms with van der Waals surface area (Å²) in [4.78, 5) is 27.9. The van der Waals surface area contributed by atoms with E-state index in [1.807, 2.05) is 27.7 Å². The van der Waals surface area contributed by atoms with Crippen LogP contribution in [-0.2, 0) is 0 Å². The normalized spacial score (nSPS) is 17.8. The number of hydrogen-bond donors (Lipinski definition) is 2. The van der Waals surface area contributed by atoms with Crippen molar-refractivity contribution < 1.29 is 9.90 Å². The Morgan fingerprint density at radius 3 is 2.58 bits per heavy atom. The monoisotopic (exact) mass is 354 g/mol. The van der Waals surface area contributed by atoms with E-state index in [0.29, 0.717) is 24.4 Å². The van der Waals surface area contributed by atoms with Gasteiger partial charge in [0, 0.05) is 12.2 Å². The molecule has 0 saturated heterocycles. The highest BCUT2D eigenvalue weighted by molar-refractivity contribution is 5.99. The summed E-state index contributed by atoms with van der Waals surface area (Å²) in [6.07, 6.45) is 2.48. The number of fused-ring (bicyclic) bond motifs is 1. The predicted molar refractivity (Wildman–Crippen MR) is 100 cm³/mol. The SMILES string of the molecule is Cc1cc(C)c(N/N=C2\CCC(C)n3c2ncc(C(=O)O)c3=O)c(C)c1. The summed E-state index contributed by atoms with van der Waals surface area (Å²) in [5.74, 6) is -0.841. The number of benzene rings is 1. The fraction of sp³-hybridized carbons (Fsp3) is 0.368. The zero-order valence-electron chi connectivity index (χ0n) is 15.3. The number of nitrogens with one attached hydrogen (secondary N) is 1. The Morgan fingerprint density at radius 2 is 1.96 bits per heavy atom. The number of aromatic nitrogens is 2. The summed E-state index contributed by atoms with van der Waals surface area (Å²) in [6, 6.07) is 4.04. The van der Waals surface area contributed by atoms with Crippen molar-refractivity contribution in [1.29, 1.82) is 0 Å². The molecule has 1 unspecified atom stereocenters. The molecule has 2 heterocycles. The van der Waals surface area contributed by atoms with Crippen molar-refractivity contribution in [3.05, 3.63) is 56.8 Å². The van der Waals surface area contributed by atoms with E-state index in [9.17, 15) is 9.59 Å². The molecule has 136 valence electrons. The van der Waals surface area contributed by atoms with Gasteiger partial charge in [-0.1, -0.05) is 17.7 Å². The summed E-state index contributed by atoms with van der Waals surface area (Å²) in [7, 11) is 0. The Bertz CT molecular complexity index is 952.